The summed E-state index contributed by atoms with van der Waals surface area (Å²) in [6, 6.07) is 9.74. The van der Waals surface area contributed by atoms with Gasteiger partial charge in [0.2, 0.25) is 5.91 Å². The molecule has 0 aliphatic carbocycles. The number of hydrogen-bond acceptors (Lipinski definition) is 3. The highest BCUT2D eigenvalue weighted by atomic mass is 35.5. The molecule has 1 N–H and O–H groups in total. The first-order valence-electron chi connectivity index (χ1n) is 7.89. The van der Waals surface area contributed by atoms with Gasteiger partial charge in [0.1, 0.15) is 0 Å². The monoisotopic (exact) mass is 356 g/mol. The predicted octanol–water partition coefficient (Wildman–Crippen LogP) is 4.04. The number of carbonyl (C=O) groups is 3. The highest BCUT2D eigenvalue weighted by molar-refractivity contribution is 6.36. The number of amides is 3. The molecule has 1 aliphatic heterocycles. The average molecular weight is 357 g/mol. The second kappa shape index (κ2) is 6.33. The van der Waals surface area contributed by atoms with Gasteiger partial charge in [-0.1, -0.05) is 25.4 Å². The number of carbonyl (C=O) groups excluding carboxylic acids is 3. The van der Waals surface area contributed by atoms with Crippen LogP contribution in [-0.4, -0.2) is 17.7 Å². The van der Waals surface area contributed by atoms with E-state index in [1.807, 2.05) is 0 Å². The molecule has 2 aromatic rings. The van der Waals surface area contributed by atoms with E-state index in [-0.39, 0.29) is 17.7 Å². The van der Waals surface area contributed by atoms with Crippen molar-refractivity contribution in [3.63, 3.8) is 0 Å². The number of hydrogen-bond donors (Lipinski definition) is 1. The van der Waals surface area contributed by atoms with Crippen LogP contribution in [0.3, 0.4) is 0 Å². The molecule has 1 heterocycles. The molecule has 0 unspecified atom stereocenters. The summed E-state index contributed by atoms with van der Waals surface area (Å²) in [6.07, 6.45) is 0. The van der Waals surface area contributed by atoms with Gasteiger partial charge in [-0.05, 0) is 48.9 Å². The summed E-state index contributed by atoms with van der Waals surface area (Å²) < 4.78 is 0. The van der Waals surface area contributed by atoms with Gasteiger partial charge in [0.15, 0.2) is 0 Å². The molecule has 1 aliphatic rings. The number of fused-ring (bicyclic) bond motifs is 1. The minimum Gasteiger partial charge on any atom is -0.326 e. The number of nitrogens with one attached hydrogen (secondary N) is 1. The molecular formula is C19H17ClN2O3. The predicted molar refractivity (Wildman–Crippen MR) is 97.2 cm³/mol. The zero-order chi connectivity index (χ0) is 18.3. The second-order valence-electron chi connectivity index (χ2n) is 6.28. The van der Waals surface area contributed by atoms with Crippen LogP contribution in [0.2, 0.25) is 5.02 Å². The molecule has 128 valence electrons. The SMILES string of the molecule is Cc1cc(NC(=O)C(C)C)ccc1N1C(=O)c2ccc(Cl)cc2C1=O. The Morgan fingerprint density at radius 3 is 2.36 bits per heavy atom. The van der Waals surface area contributed by atoms with Crippen LogP contribution < -0.4 is 10.2 Å². The number of nitrogens with zero attached hydrogens (tertiary/aromatic N) is 1. The zero-order valence-corrected chi connectivity index (χ0v) is 14.8. The van der Waals surface area contributed by atoms with Gasteiger partial charge in [-0.15, -0.1) is 0 Å². The quantitative estimate of drug-likeness (QED) is 0.844. The maximum absolute atomic E-state index is 12.6. The Kier molecular flexibility index (Phi) is 4.35. The van der Waals surface area contributed by atoms with Crippen LogP contribution in [-0.2, 0) is 4.79 Å². The van der Waals surface area contributed by atoms with Crippen molar-refractivity contribution >= 4 is 40.7 Å². The van der Waals surface area contributed by atoms with Gasteiger partial charge in [0, 0.05) is 16.6 Å². The summed E-state index contributed by atoms with van der Waals surface area (Å²) in [7, 11) is 0. The van der Waals surface area contributed by atoms with E-state index in [0.29, 0.717) is 33.1 Å². The topological polar surface area (TPSA) is 66.5 Å². The lowest BCUT2D eigenvalue weighted by atomic mass is 10.1. The third-order valence-corrected chi connectivity index (χ3v) is 4.31. The summed E-state index contributed by atoms with van der Waals surface area (Å²) in [5.74, 6) is -1.01. The lowest BCUT2D eigenvalue weighted by Crippen LogP contribution is -2.30. The van der Waals surface area contributed by atoms with Gasteiger partial charge in [0.05, 0.1) is 16.8 Å². The number of rotatable bonds is 3. The van der Waals surface area contributed by atoms with Gasteiger partial charge < -0.3 is 5.32 Å². The van der Waals surface area contributed by atoms with Crippen molar-refractivity contribution in [2.75, 3.05) is 10.2 Å². The van der Waals surface area contributed by atoms with E-state index in [2.05, 4.69) is 5.32 Å². The van der Waals surface area contributed by atoms with Gasteiger partial charge in [-0.3, -0.25) is 14.4 Å². The molecule has 0 fully saturated rings. The standard InChI is InChI=1S/C19H17ClN2O3/c1-10(2)17(23)21-13-5-7-16(11(3)8-13)22-18(24)14-6-4-12(20)9-15(14)19(22)25/h4-10H,1-3H3,(H,21,23). The van der Waals surface area contributed by atoms with E-state index in [0.717, 1.165) is 4.90 Å². The van der Waals surface area contributed by atoms with Gasteiger partial charge >= 0.3 is 0 Å². The third kappa shape index (κ3) is 3.03. The van der Waals surface area contributed by atoms with Crippen LogP contribution in [0, 0.1) is 12.8 Å². The number of benzene rings is 2. The van der Waals surface area contributed by atoms with Gasteiger partial charge in [-0.25, -0.2) is 4.90 Å². The Bertz CT molecular complexity index is 906. The normalized spacial score (nSPS) is 13.4. The van der Waals surface area contributed by atoms with Crippen LogP contribution >= 0.6 is 11.6 Å². The van der Waals surface area contributed by atoms with Gasteiger partial charge in [-0.2, -0.15) is 0 Å². The Morgan fingerprint density at radius 1 is 1.04 bits per heavy atom. The third-order valence-electron chi connectivity index (χ3n) is 4.08. The zero-order valence-electron chi connectivity index (χ0n) is 14.1. The first-order chi connectivity index (χ1) is 11.8. The summed E-state index contributed by atoms with van der Waals surface area (Å²) in [5, 5.41) is 3.21. The van der Waals surface area contributed by atoms with Crippen molar-refractivity contribution in [1.29, 1.82) is 0 Å². The molecule has 3 rings (SSSR count). The highest BCUT2D eigenvalue weighted by Gasteiger charge is 2.37. The lowest BCUT2D eigenvalue weighted by Gasteiger charge is -2.18. The molecule has 25 heavy (non-hydrogen) atoms. The van der Waals surface area contributed by atoms with E-state index in [1.165, 1.54) is 6.07 Å². The van der Waals surface area contributed by atoms with Crippen LogP contribution in [0.15, 0.2) is 36.4 Å². The Balaban J connectivity index is 1.94. The first kappa shape index (κ1) is 17.2. The fourth-order valence-electron chi connectivity index (χ4n) is 2.70. The van der Waals surface area contributed by atoms with Crippen molar-refractivity contribution in [2.45, 2.75) is 20.8 Å². The number of anilines is 2. The van der Waals surface area contributed by atoms with E-state index < -0.39 is 5.91 Å². The van der Waals surface area contributed by atoms with Crippen LogP contribution in [0.1, 0.15) is 40.1 Å². The second-order valence-corrected chi connectivity index (χ2v) is 6.72. The van der Waals surface area contributed by atoms with Crippen LogP contribution in [0.25, 0.3) is 0 Å². The van der Waals surface area contributed by atoms with Crippen molar-refractivity contribution in [2.24, 2.45) is 5.92 Å². The minimum absolute atomic E-state index is 0.0949. The highest BCUT2D eigenvalue weighted by Crippen LogP contribution is 2.33. The van der Waals surface area contributed by atoms with Gasteiger partial charge in [0.25, 0.3) is 11.8 Å². The molecule has 0 saturated carbocycles. The molecule has 0 spiro atoms. The molecule has 0 bridgehead atoms. The first-order valence-corrected chi connectivity index (χ1v) is 8.27. The molecule has 3 amide bonds. The summed E-state index contributed by atoms with van der Waals surface area (Å²) in [5.41, 5.74) is 2.46. The maximum Gasteiger partial charge on any atom is 0.266 e. The van der Waals surface area contributed by atoms with Crippen LogP contribution in [0.4, 0.5) is 11.4 Å². The summed E-state index contributed by atoms with van der Waals surface area (Å²) in [4.78, 5) is 38.2. The number of halogens is 1. The minimum atomic E-state index is -0.399. The van der Waals surface area contributed by atoms with E-state index >= 15 is 0 Å². The largest absolute Gasteiger partial charge is 0.326 e. The van der Waals surface area contributed by atoms with E-state index in [4.69, 9.17) is 11.6 Å². The fourth-order valence-corrected chi connectivity index (χ4v) is 2.87. The van der Waals surface area contributed by atoms with Crippen molar-refractivity contribution in [3.05, 3.63) is 58.1 Å². The molecule has 0 saturated heterocycles. The molecule has 6 heteroatoms. The maximum atomic E-state index is 12.6. The van der Waals surface area contributed by atoms with Crippen molar-refractivity contribution in [1.82, 2.24) is 0 Å². The molecular weight excluding hydrogens is 340 g/mol. The molecule has 0 aromatic heterocycles. The van der Waals surface area contributed by atoms with E-state index in [9.17, 15) is 14.4 Å². The number of aryl methyl sites for hydroxylation is 1. The summed E-state index contributed by atoms with van der Waals surface area (Å²) in [6.45, 7) is 5.40. The molecule has 5 nitrogen and oxygen atoms in total. The lowest BCUT2D eigenvalue weighted by molar-refractivity contribution is -0.118. The Hall–Kier alpha value is -2.66. The fraction of sp³-hybridized carbons (Fsp3) is 0.211. The Labute approximate surface area is 150 Å². The van der Waals surface area contributed by atoms with E-state index in [1.54, 1.807) is 51.1 Å². The molecule has 2 aromatic carbocycles. The smallest absolute Gasteiger partial charge is 0.266 e. The number of imide groups is 1. The average Bonchev–Trinajstić information content (AvgIpc) is 2.79. The Morgan fingerprint density at radius 2 is 1.72 bits per heavy atom. The summed E-state index contributed by atoms with van der Waals surface area (Å²) >= 11 is 5.93. The van der Waals surface area contributed by atoms with Crippen molar-refractivity contribution in [3.8, 4) is 0 Å². The molecule has 0 radical (unpaired) electrons. The van der Waals surface area contributed by atoms with Crippen LogP contribution in [0.5, 0.6) is 0 Å². The van der Waals surface area contributed by atoms with Crippen molar-refractivity contribution < 1.29 is 14.4 Å². The molecule has 0 atom stereocenters.